The van der Waals surface area contributed by atoms with Gasteiger partial charge in [-0.1, -0.05) is 15.9 Å². The summed E-state index contributed by atoms with van der Waals surface area (Å²) in [6, 6.07) is 6.08. The van der Waals surface area contributed by atoms with E-state index in [1.54, 1.807) is 0 Å². The average Bonchev–Trinajstić information content (AvgIpc) is 2.34. The van der Waals surface area contributed by atoms with Crippen molar-refractivity contribution < 1.29 is 9.47 Å². The van der Waals surface area contributed by atoms with Crippen molar-refractivity contribution in [3.63, 3.8) is 0 Å². The standard InChI is InChI=1S/C13H18BrNO2/c14-11-3-4-13(10(8-11)5-6-15)17-12-2-1-7-16-9-12/h3-4,8,12H,1-2,5-7,9,15H2. The topological polar surface area (TPSA) is 44.5 Å². The van der Waals surface area contributed by atoms with E-state index in [0.29, 0.717) is 13.2 Å². The van der Waals surface area contributed by atoms with Crippen LogP contribution in [-0.2, 0) is 11.2 Å². The monoisotopic (exact) mass is 299 g/mol. The summed E-state index contributed by atoms with van der Waals surface area (Å²) in [4.78, 5) is 0. The van der Waals surface area contributed by atoms with Crippen molar-refractivity contribution in [1.82, 2.24) is 0 Å². The molecule has 17 heavy (non-hydrogen) atoms. The molecule has 1 atom stereocenters. The number of benzene rings is 1. The van der Waals surface area contributed by atoms with Crippen LogP contribution >= 0.6 is 15.9 Å². The van der Waals surface area contributed by atoms with E-state index in [4.69, 9.17) is 15.2 Å². The summed E-state index contributed by atoms with van der Waals surface area (Å²) in [7, 11) is 0. The Balaban J connectivity index is 2.07. The highest BCUT2D eigenvalue weighted by molar-refractivity contribution is 9.10. The van der Waals surface area contributed by atoms with Crippen LogP contribution < -0.4 is 10.5 Å². The van der Waals surface area contributed by atoms with E-state index in [0.717, 1.165) is 41.7 Å². The van der Waals surface area contributed by atoms with Crippen LogP contribution in [0.3, 0.4) is 0 Å². The first kappa shape index (κ1) is 12.9. The van der Waals surface area contributed by atoms with Gasteiger partial charge in [0.2, 0.25) is 0 Å². The zero-order valence-electron chi connectivity index (χ0n) is 9.82. The van der Waals surface area contributed by atoms with E-state index < -0.39 is 0 Å². The van der Waals surface area contributed by atoms with E-state index in [1.807, 2.05) is 12.1 Å². The van der Waals surface area contributed by atoms with Crippen molar-refractivity contribution in [3.8, 4) is 5.75 Å². The van der Waals surface area contributed by atoms with Crippen molar-refractivity contribution >= 4 is 15.9 Å². The quantitative estimate of drug-likeness (QED) is 0.929. The van der Waals surface area contributed by atoms with Crippen LogP contribution in [0.1, 0.15) is 18.4 Å². The lowest BCUT2D eigenvalue weighted by molar-refractivity contribution is 0.00705. The molecule has 0 radical (unpaired) electrons. The Hall–Kier alpha value is -0.580. The molecule has 2 rings (SSSR count). The van der Waals surface area contributed by atoms with Crippen molar-refractivity contribution in [2.75, 3.05) is 19.8 Å². The minimum absolute atomic E-state index is 0.182. The first-order chi connectivity index (χ1) is 8.29. The second-order valence-corrected chi connectivity index (χ2v) is 5.16. The fraction of sp³-hybridized carbons (Fsp3) is 0.538. The van der Waals surface area contributed by atoms with Crippen molar-refractivity contribution in [2.24, 2.45) is 5.73 Å². The molecule has 1 aliphatic heterocycles. The Morgan fingerprint density at radius 3 is 3.06 bits per heavy atom. The van der Waals surface area contributed by atoms with E-state index >= 15 is 0 Å². The molecule has 0 spiro atoms. The maximum atomic E-state index is 5.99. The molecule has 1 saturated heterocycles. The second kappa shape index (κ2) is 6.38. The third kappa shape index (κ3) is 3.69. The SMILES string of the molecule is NCCc1cc(Br)ccc1OC1CCCOC1. The number of hydrogen-bond acceptors (Lipinski definition) is 3. The first-order valence-electron chi connectivity index (χ1n) is 6.02. The molecule has 0 amide bonds. The number of nitrogens with two attached hydrogens (primary N) is 1. The molecule has 0 bridgehead atoms. The third-order valence-corrected chi connectivity index (χ3v) is 3.34. The molecule has 1 unspecified atom stereocenters. The average molecular weight is 300 g/mol. The van der Waals surface area contributed by atoms with Gasteiger partial charge in [-0.2, -0.15) is 0 Å². The molecule has 1 fully saturated rings. The van der Waals surface area contributed by atoms with Crippen molar-refractivity contribution in [2.45, 2.75) is 25.4 Å². The Morgan fingerprint density at radius 2 is 2.35 bits per heavy atom. The highest BCUT2D eigenvalue weighted by Gasteiger charge is 2.16. The van der Waals surface area contributed by atoms with Crippen LogP contribution in [0.25, 0.3) is 0 Å². The van der Waals surface area contributed by atoms with Crippen molar-refractivity contribution in [1.29, 1.82) is 0 Å². The molecule has 1 aromatic carbocycles. The molecule has 94 valence electrons. The second-order valence-electron chi connectivity index (χ2n) is 4.25. The van der Waals surface area contributed by atoms with Gasteiger partial charge >= 0.3 is 0 Å². The summed E-state index contributed by atoms with van der Waals surface area (Å²) in [5, 5.41) is 0. The van der Waals surface area contributed by atoms with Crippen LogP contribution in [0, 0.1) is 0 Å². The van der Waals surface area contributed by atoms with Gasteiger partial charge in [-0.05, 0) is 49.6 Å². The van der Waals surface area contributed by atoms with Gasteiger partial charge in [-0.25, -0.2) is 0 Å². The molecule has 2 N–H and O–H groups in total. The lowest BCUT2D eigenvalue weighted by Crippen LogP contribution is -2.28. The fourth-order valence-corrected chi connectivity index (χ4v) is 2.41. The zero-order valence-corrected chi connectivity index (χ0v) is 11.4. The predicted octanol–water partition coefficient (Wildman–Crippen LogP) is 2.51. The molecule has 3 nitrogen and oxygen atoms in total. The zero-order chi connectivity index (χ0) is 12.1. The third-order valence-electron chi connectivity index (χ3n) is 2.85. The minimum atomic E-state index is 0.182. The molecule has 1 aliphatic rings. The highest BCUT2D eigenvalue weighted by Crippen LogP contribution is 2.26. The summed E-state index contributed by atoms with van der Waals surface area (Å²) in [5.41, 5.74) is 6.78. The number of hydrogen-bond donors (Lipinski definition) is 1. The van der Waals surface area contributed by atoms with Crippen LogP contribution in [0.2, 0.25) is 0 Å². The van der Waals surface area contributed by atoms with Gasteiger partial charge in [0.05, 0.1) is 6.61 Å². The lowest BCUT2D eigenvalue weighted by atomic mass is 10.1. The van der Waals surface area contributed by atoms with Gasteiger partial charge in [0.25, 0.3) is 0 Å². The molecule has 0 saturated carbocycles. The summed E-state index contributed by atoms with van der Waals surface area (Å²) in [5.74, 6) is 0.939. The van der Waals surface area contributed by atoms with Crippen LogP contribution in [-0.4, -0.2) is 25.9 Å². The van der Waals surface area contributed by atoms with Crippen LogP contribution in [0.15, 0.2) is 22.7 Å². The molecule has 0 aliphatic carbocycles. The molecular weight excluding hydrogens is 282 g/mol. The number of rotatable bonds is 4. The van der Waals surface area contributed by atoms with Crippen LogP contribution in [0.5, 0.6) is 5.75 Å². The number of halogens is 1. The summed E-state index contributed by atoms with van der Waals surface area (Å²) < 4.78 is 12.5. The van der Waals surface area contributed by atoms with E-state index in [1.165, 1.54) is 0 Å². The first-order valence-corrected chi connectivity index (χ1v) is 6.82. The lowest BCUT2D eigenvalue weighted by Gasteiger charge is -2.24. The molecule has 1 heterocycles. The van der Waals surface area contributed by atoms with Gasteiger partial charge in [-0.3, -0.25) is 0 Å². The van der Waals surface area contributed by atoms with E-state index in [9.17, 15) is 0 Å². The molecule has 4 heteroatoms. The number of ether oxygens (including phenoxy) is 2. The van der Waals surface area contributed by atoms with Gasteiger partial charge in [0.1, 0.15) is 11.9 Å². The summed E-state index contributed by atoms with van der Waals surface area (Å²) in [6.07, 6.45) is 3.16. The Bertz CT molecular complexity index is 364. The molecule has 1 aromatic rings. The largest absolute Gasteiger partial charge is 0.488 e. The fourth-order valence-electron chi connectivity index (χ4n) is 2.00. The van der Waals surface area contributed by atoms with Gasteiger partial charge < -0.3 is 15.2 Å². The Kier molecular flexibility index (Phi) is 4.83. The van der Waals surface area contributed by atoms with Crippen molar-refractivity contribution in [3.05, 3.63) is 28.2 Å². The van der Waals surface area contributed by atoms with E-state index in [2.05, 4.69) is 22.0 Å². The minimum Gasteiger partial charge on any atom is -0.488 e. The Morgan fingerprint density at radius 1 is 1.47 bits per heavy atom. The molecule has 0 aromatic heterocycles. The van der Waals surface area contributed by atoms with Crippen LogP contribution in [0.4, 0.5) is 0 Å². The molecular formula is C13H18BrNO2. The maximum Gasteiger partial charge on any atom is 0.123 e. The normalized spacial score (nSPS) is 20.2. The van der Waals surface area contributed by atoms with E-state index in [-0.39, 0.29) is 6.10 Å². The summed E-state index contributed by atoms with van der Waals surface area (Å²) >= 11 is 3.47. The Labute approximate surface area is 110 Å². The predicted molar refractivity (Wildman–Crippen MR) is 71.4 cm³/mol. The van der Waals surface area contributed by atoms with Gasteiger partial charge in [-0.15, -0.1) is 0 Å². The maximum absolute atomic E-state index is 5.99. The van der Waals surface area contributed by atoms with Gasteiger partial charge in [0, 0.05) is 11.1 Å². The van der Waals surface area contributed by atoms with Gasteiger partial charge in [0.15, 0.2) is 0 Å². The summed E-state index contributed by atoms with van der Waals surface area (Å²) in [6.45, 7) is 2.18. The smallest absolute Gasteiger partial charge is 0.123 e. The highest BCUT2D eigenvalue weighted by atomic mass is 79.9.